The molecule has 192 valence electrons. The van der Waals surface area contributed by atoms with Gasteiger partial charge in [-0.05, 0) is 67.4 Å². The third-order valence-electron chi connectivity index (χ3n) is 6.15. The Bertz CT molecular complexity index is 1610. The second-order valence-electron chi connectivity index (χ2n) is 9.11. The summed E-state index contributed by atoms with van der Waals surface area (Å²) in [5.41, 5.74) is 0.970. The number of hydrogen-bond donors (Lipinski definition) is 0. The number of halogens is 5. The molecule has 1 aromatic carbocycles. The Kier molecular flexibility index (Phi) is 6.26. The lowest BCUT2D eigenvalue weighted by Crippen LogP contribution is -2.23. The van der Waals surface area contributed by atoms with Gasteiger partial charge in [0.15, 0.2) is 11.5 Å². The van der Waals surface area contributed by atoms with Crippen LogP contribution in [0.5, 0.6) is 0 Å². The summed E-state index contributed by atoms with van der Waals surface area (Å²) in [6, 6.07) is 21.1. The Morgan fingerprint density at radius 2 is 1.45 bits per heavy atom. The maximum absolute atomic E-state index is 14.7. The first-order chi connectivity index (χ1) is 18.0. The Morgan fingerprint density at radius 3 is 2.13 bits per heavy atom. The second kappa shape index (κ2) is 9.44. The van der Waals surface area contributed by atoms with E-state index in [-0.39, 0.29) is 17.1 Å². The molecule has 0 aliphatic heterocycles. The highest BCUT2D eigenvalue weighted by Gasteiger charge is 2.34. The van der Waals surface area contributed by atoms with Gasteiger partial charge in [-0.15, -0.1) is 0 Å². The fourth-order valence-corrected chi connectivity index (χ4v) is 4.02. The van der Waals surface area contributed by atoms with Crippen LogP contribution in [0.4, 0.5) is 22.0 Å². The van der Waals surface area contributed by atoms with Crippen molar-refractivity contribution in [2.24, 2.45) is 0 Å². The van der Waals surface area contributed by atoms with Crippen LogP contribution in [0.25, 0.3) is 28.2 Å². The summed E-state index contributed by atoms with van der Waals surface area (Å²) in [5.74, 6) is -1.75. The average Bonchev–Trinajstić information content (AvgIpc) is 3.40. The first-order valence-corrected chi connectivity index (χ1v) is 11.5. The largest absolute Gasteiger partial charge is 0.435 e. The molecular formula is C28H20F5N5. The van der Waals surface area contributed by atoms with Crippen molar-refractivity contribution in [2.75, 3.05) is 0 Å². The number of benzene rings is 1. The number of rotatable bonds is 5. The van der Waals surface area contributed by atoms with Crippen LogP contribution in [0.3, 0.4) is 0 Å². The highest BCUT2D eigenvalue weighted by atomic mass is 19.4. The van der Waals surface area contributed by atoms with E-state index in [1.807, 2.05) is 50.2 Å². The van der Waals surface area contributed by atoms with Gasteiger partial charge < -0.3 is 0 Å². The normalized spacial score (nSPS) is 12.1. The van der Waals surface area contributed by atoms with E-state index in [4.69, 9.17) is 4.98 Å². The van der Waals surface area contributed by atoms with E-state index in [0.29, 0.717) is 11.4 Å². The molecule has 38 heavy (non-hydrogen) atoms. The Balaban J connectivity index is 1.63. The Hall–Kier alpha value is -4.47. The van der Waals surface area contributed by atoms with Gasteiger partial charge in [-0.1, -0.05) is 36.4 Å². The van der Waals surface area contributed by atoms with Crippen molar-refractivity contribution in [3.63, 3.8) is 0 Å². The molecule has 4 heterocycles. The van der Waals surface area contributed by atoms with Crippen molar-refractivity contribution in [2.45, 2.75) is 25.4 Å². The minimum absolute atomic E-state index is 0.0270. The molecule has 0 spiro atoms. The predicted octanol–water partition coefficient (Wildman–Crippen LogP) is 7.01. The van der Waals surface area contributed by atoms with Gasteiger partial charge in [0.25, 0.3) is 0 Å². The van der Waals surface area contributed by atoms with Crippen molar-refractivity contribution in [3.05, 3.63) is 114 Å². The third-order valence-corrected chi connectivity index (χ3v) is 6.15. The van der Waals surface area contributed by atoms with Gasteiger partial charge in [0.2, 0.25) is 11.9 Å². The number of alkyl halides is 3. The van der Waals surface area contributed by atoms with E-state index in [2.05, 4.69) is 15.1 Å². The zero-order chi connectivity index (χ0) is 27.1. The Labute approximate surface area is 214 Å². The van der Waals surface area contributed by atoms with Gasteiger partial charge in [0, 0.05) is 11.6 Å². The number of hydrogen-bond acceptors (Lipinski definition) is 4. The van der Waals surface area contributed by atoms with Crippen molar-refractivity contribution < 1.29 is 22.0 Å². The zero-order valence-electron chi connectivity index (χ0n) is 20.2. The minimum atomic E-state index is -4.58. The molecule has 0 N–H and O–H groups in total. The van der Waals surface area contributed by atoms with E-state index in [1.165, 1.54) is 12.3 Å². The first kappa shape index (κ1) is 25.2. The van der Waals surface area contributed by atoms with E-state index in [9.17, 15) is 22.0 Å². The summed E-state index contributed by atoms with van der Waals surface area (Å²) < 4.78 is 68.4. The summed E-state index contributed by atoms with van der Waals surface area (Å²) in [6.45, 7) is 3.70. The third kappa shape index (κ3) is 4.89. The zero-order valence-corrected chi connectivity index (χ0v) is 20.2. The van der Waals surface area contributed by atoms with Crippen LogP contribution >= 0.6 is 0 Å². The predicted molar refractivity (Wildman–Crippen MR) is 131 cm³/mol. The molecule has 0 fully saturated rings. The quantitative estimate of drug-likeness (QED) is 0.184. The molecule has 4 aromatic heterocycles. The van der Waals surface area contributed by atoms with Crippen LogP contribution in [0, 0.1) is 11.9 Å². The fourth-order valence-electron chi connectivity index (χ4n) is 4.02. The number of pyridine rings is 3. The molecule has 5 rings (SSSR count). The Morgan fingerprint density at radius 1 is 0.684 bits per heavy atom. The lowest BCUT2D eigenvalue weighted by Gasteiger charge is -2.25. The number of nitrogens with zero attached hydrogens (tertiary/aromatic N) is 5. The van der Waals surface area contributed by atoms with Crippen LogP contribution in [0.15, 0.2) is 85.1 Å². The monoisotopic (exact) mass is 521 g/mol. The first-order valence-electron chi connectivity index (χ1n) is 11.5. The maximum Gasteiger partial charge on any atom is 0.435 e. The van der Waals surface area contributed by atoms with Crippen LogP contribution in [-0.2, 0) is 11.6 Å². The summed E-state index contributed by atoms with van der Waals surface area (Å²) in [7, 11) is 0. The average molecular weight is 521 g/mol. The molecule has 5 nitrogen and oxygen atoms in total. The van der Waals surface area contributed by atoms with Gasteiger partial charge in [0.1, 0.15) is 0 Å². The molecule has 0 amide bonds. The van der Waals surface area contributed by atoms with Gasteiger partial charge in [-0.25, -0.2) is 9.67 Å². The van der Waals surface area contributed by atoms with Crippen molar-refractivity contribution in [3.8, 4) is 28.2 Å². The van der Waals surface area contributed by atoms with Crippen LogP contribution in [0.2, 0.25) is 0 Å². The maximum atomic E-state index is 14.7. The molecule has 0 radical (unpaired) electrons. The van der Waals surface area contributed by atoms with E-state index in [1.54, 1.807) is 24.3 Å². The molecule has 5 aromatic rings. The summed E-state index contributed by atoms with van der Waals surface area (Å²) in [4.78, 5) is 12.6. The molecule has 0 aliphatic carbocycles. The van der Waals surface area contributed by atoms with Crippen molar-refractivity contribution in [1.29, 1.82) is 0 Å². The van der Waals surface area contributed by atoms with Crippen LogP contribution < -0.4 is 0 Å². The highest BCUT2D eigenvalue weighted by Crippen LogP contribution is 2.35. The van der Waals surface area contributed by atoms with E-state index in [0.717, 1.165) is 27.9 Å². The molecule has 10 heteroatoms. The van der Waals surface area contributed by atoms with Gasteiger partial charge >= 0.3 is 6.18 Å². The lowest BCUT2D eigenvalue weighted by atomic mass is 9.83. The van der Waals surface area contributed by atoms with Crippen LogP contribution in [-0.4, -0.2) is 24.7 Å². The summed E-state index contributed by atoms with van der Waals surface area (Å²) in [6.07, 6.45) is -3.39. The smallest absolute Gasteiger partial charge is 0.252 e. The summed E-state index contributed by atoms with van der Waals surface area (Å²) >= 11 is 0. The fraction of sp³-hybridized carbons (Fsp3) is 0.143. The van der Waals surface area contributed by atoms with Gasteiger partial charge in [-0.3, -0.25) is 4.98 Å². The number of aromatic nitrogens is 5. The van der Waals surface area contributed by atoms with E-state index >= 15 is 0 Å². The molecule has 0 saturated carbocycles. The van der Waals surface area contributed by atoms with Crippen LogP contribution in [0.1, 0.15) is 30.9 Å². The lowest BCUT2D eigenvalue weighted by molar-refractivity contribution is -0.141. The van der Waals surface area contributed by atoms with Crippen molar-refractivity contribution >= 4 is 0 Å². The highest BCUT2D eigenvalue weighted by molar-refractivity contribution is 5.71. The topological polar surface area (TPSA) is 56.5 Å². The molecular weight excluding hydrogens is 501 g/mol. The summed E-state index contributed by atoms with van der Waals surface area (Å²) in [5, 5.41) is 3.61. The second-order valence-corrected chi connectivity index (χ2v) is 9.11. The SMILES string of the molecule is CC(C)(c1cc(-c2ccccc2)cc(-c2ccc(F)nc2F)n1)c1cccc(-n2ccc(C(F)(F)F)n2)n1. The molecule has 0 atom stereocenters. The minimum Gasteiger partial charge on any atom is -0.252 e. The molecule has 0 saturated heterocycles. The molecule has 0 aliphatic rings. The van der Waals surface area contributed by atoms with E-state index < -0.39 is 29.2 Å². The van der Waals surface area contributed by atoms with Gasteiger partial charge in [-0.2, -0.15) is 32.0 Å². The standard InChI is InChI=1S/C28H20F5N5/c1-27(2,21-9-6-10-25(35-21)38-14-13-22(37-38)28(31,32)33)23-16-18(17-7-4-3-5-8-17)15-20(34-23)19-11-12-24(29)36-26(19)30/h3-16H,1-2H3. The molecule has 0 unspecified atom stereocenters. The van der Waals surface area contributed by atoms with Crippen molar-refractivity contribution in [1.82, 2.24) is 24.7 Å². The van der Waals surface area contributed by atoms with Gasteiger partial charge in [0.05, 0.1) is 22.6 Å². The molecule has 0 bridgehead atoms.